The van der Waals surface area contributed by atoms with E-state index in [-0.39, 0.29) is 11.5 Å². The van der Waals surface area contributed by atoms with Crippen LogP contribution in [0.3, 0.4) is 0 Å². The standard InChI is InChI=1S/C14H8ClF3N2O/c15-9-3-1-4-10(7-9)20-11(12-5-2-6-21-12)8-13(19-20)14(16,17)18/h1-8H. The average molecular weight is 313 g/mol. The van der Waals surface area contributed by atoms with Gasteiger partial charge < -0.3 is 4.42 Å². The van der Waals surface area contributed by atoms with Crippen molar-refractivity contribution in [3.63, 3.8) is 0 Å². The summed E-state index contributed by atoms with van der Waals surface area (Å²) < 4.78 is 45.0. The van der Waals surface area contributed by atoms with Crippen LogP contribution in [-0.4, -0.2) is 9.78 Å². The predicted octanol–water partition coefficient (Wildman–Crippen LogP) is 4.80. The van der Waals surface area contributed by atoms with Crippen molar-refractivity contribution in [2.24, 2.45) is 0 Å². The van der Waals surface area contributed by atoms with Crippen LogP contribution in [0.2, 0.25) is 5.02 Å². The molecule has 1 aromatic carbocycles. The highest BCUT2D eigenvalue weighted by atomic mass is 35.5. The van der Waals surface area contributed by atoms with Gasteiger partial charge in [-0.2, -0.15) is 18.3 Å². The van der Waals surface area contributed by atoms with Gasteiger partial charge in [-0.1, -0.05) is 17.7 Å². The van der Waals surface area contributed by atoms with Gasteiger partial charge in [-0.25, -0.2) is 4.68 Å². The van der Waals surface area contributed by atoms with Crippen LogP contribution in [0.1, 0.15) is 5.69 Å². The Morgan fingerprint density at radius 2 is 1.90 bits per heavy atom. The van der Waals surface area contributed by atoms with Crippen molar-refractivity contribution in [2.75, 3.05) is 0 Å². The number of benzene rings is 1. The molecule has 0 aliphatic rings. The fourth-order valence-electron chi connectivity index (χ4n) is 1.92. The lowest BCUT2D eigenvalue weighted by atomic mass is 10.2. The molecule has 0 bridgehead atoms. The number of nitrogens with zero attached hydrogens (tertiary/aromatic N) is 2. The van der Waals surface area contributed by atoms with Crippen molar-refractivity contribution in [1.29, 1.82) is 0 Å². The van der Waals surface area contributed by atoms with Crippen LogP contribution in [0.5, 0.6) is 0 Å². The summed E-state index contributed by atoms with van der Waals surface area (Å²) in [7, 11) is 0. The first-order chi connectivity index (χ1) is 9.95. The first-order valence-electron chi connectivity index (χ1n) is 5.92. The Hall–Kier alpha value is -2.21. The van der Waals surface area contributed by atoms with E-state index in [0.29, 0.717) is 10.7 Å². The lowest BCUT2D eigenvalue weighted by Crippen LogP contribution is -2.07. The van der Waals surface area contributed by atoms with Crippen LogP contribution in [-0.2, 0) is 6.18 Å². The largest absolute Gasteiger partial charge is 0.463 e. The van der Waals surface area contributed by atoms with Crippen molar-refractivity contribution in [3.05, 3.63) is 59.4 Å². The van der Waals surface area contributed by atoms with Crippen LogP contribution >= 0.6 is 11.6 Å². The Morgan fingerprint density at radius 1 is 1.10 bits per heavy atom. The third kappa shape index (κ3) is 2.67. The van der Waals surface area contributed by atoms with Crippen LogP contribution in [0, 0.1) is 0 Å². The summed E-state index contributed by atoms with van der Waals surface area (Å²) in [5.74, 6) is 0.290. The van der Waals surface area contributed by atoms with Gasteiger partial charge in [0.1, 0.15) is 5.69 Å². The Morgan fingerprint density at radius 3 is 2.52 bits per heavy atom. The molecular formula is C14H8ClF3N2O. The fraction of sp³-hybridized carbons (Fsp3) is 0.0714. The molecule has 0 atom stereocenters. The minimum atomic E-state index is -4.54. The molecule has 0 radical (unpaired) electrons. The van der Waals surface area contributed by atoms with Crippen LogP contribution in [0.15, 0.2) is 53.1 Å². The lowest BCUT2D eigenvalue weighted by molar-refractivity contribution is -0.141. The highest BCUT2D eigenvalue weighted by molar-refractivity contribution is 6.30. The van der Waals surface area contributed by atoms with E-state index in [4.69, 9.17) is 16.0 Å². The predicted molar refractivity (Wildman–Crippen MR) is 71.3 cm³/mol. The maximum atomic E-state index is 12.9. The van der Waals surface area contributed by atoms with E-state index in [9.17, 15) is 13.2 Å². The lowest BCUT2D eigenvalue weighted by Gasteiger charge is -2.06. The summed E-state index contributed by atoms with van der Waals surface area (Å²) in [6.07, 6.45) is -3.15. The van der Waals surface area contributed by atoms with Gasteiger partial charge in [-0.15, -0.1) is 0 Å². The van der Waals surface area contributed by atoms with Gasteiger partial charge in [0.05, 0.1) is 12.0 Å². The van der Waals surface area contributed by atoms with E-state index in [1.807, 2.05) is 0 Å². The molecule has 0 aliphatic carbocycles. The molecule has 0 N–H and O–H groups in total. The smallest absolute Gasteiger partial charge is 0.435 e. The third-order valence-electron chi connectivity index (χ3n) is 2.83. The van der Waals surface area contributed by atoms with Gasteiger partial charge in [0.25, 0.3) is 0 Å². The first kappa shape index (κ1) is 13.8. The van der Waals surface area contributed by atoms with Crippen molar-refractivity contribution in [2.45, 2.75) is 6.18 Å². The highest BCUT2D eigenvalue weighted by Gasteiger charge is 2.35. The Labute approximate surface area is 122 Å². The van der Waals surface area contributed by atoms with Gasteiger partial charge in [0, 0.05) is 11.1 Å². The second-order valence-corrected chi connectivity index (χ2v) is 4.72. The molecule has 0 aliphatic heterocycles. The SMILES string of the molecule is FC(F)(F)c1cc(-c2ccco2)n(-c2cccc(Cl)c2)n1. The number of hydrogen-bond donors (Lipinski definition) is 0. The van der Waals surface area contributed by atoms with E-state index in [2.05, 4.69) is 5.10 Å². The topological polar surface area (TPSA) is 31.0 Å². The summed E-state index contributed by atoms with van der Waals surface area (Å²) in [5, 5.41) is 4.03. The molecule has 0 amide bonds. The molecule has 3 aromatic rings. The number of aromatic nitrogens is 2. The maximum Gasteiger partial charge on any atom is 0.435 e. The second kappa shape index (κ2) is 4.96. The summed E-state index contributed by atoms with van der Waals surface area (Å²) in [4.78, 5) is 0. The summed E-state index contributed by atoms with van der Waals surface area (Å²) in [6, 6.07) is 10.5. The monoisotopic (exact) mass is 312 g/mol. The molecule has 2 aromatic heterocycles. The zero-order chi connectivity index (χ0) is 15.0. The quantitative estimate of drug-likeness (QED) is 0.680. The summed E-state index contributed by atoms with van der Waals surface area (Å²) in [5.41, 5.74) is -0.368. The molecular weight excluding hydrogens is 305 g/mol. The first-order valence-corrected chi connectivity index (χ1v) is 6.30. The number of halogens is 4. The van der Waals surface area contributed by atoms with Gasteiger partial charge >= 0.3 is 6.18 Å². The number of furan rings is 1. The molecule has 0 spiro atoms. The molecule has 0 saturated carbocycles. The number of alkyl halides is 3. The van der Waals surface area contributed by atoms with Crippen LogP contribution in [0.4, 0.5) is 13.2 Å². The number of hydrogen-bond acceptors (Lipinski definition) is 2. The zero-order valence-electron chi connectivity index (χ0n) is 10.4. The minimum Gasteiger partial charge on any atom is -0.463 e. The zero-order valence-corrected chi connectivity index (χ0v) is 11.2. The van der Waals surface area contributed by atoms with E-state index in [0.717, 1.165) is 10.7 Å². The molecule has 108 valence electrons. The molecule has 21 heavy (non-hydrogen) atoms. The van der Waals surface area contributed by atoms with Gasteiger partial charge in [-0.05, 0) is 30.3 Å². The second-order valence-electron chi connectivity index (χ2n) is 4.28. The van der Waals surface area contributed by atoms with E-state index in [1.165, 1.54) is 12.3 Å². The molecule has 2 heterocycles. The summed E-state index contributed by atoms with van der Waals surface area (Å²) in [6.45, 7) is 0. The van der Waals surface area contributed by atoms with Gasteiger partial charge in [0.15, 0.2) is 11.5 Å². The normalized spacial score (nSPS) is 11.8. The average Bonchev–Trinajstić information content (AvgIpc) is 3.07. The van der Waals surface area contributed by atoms with Crippen LogP contribution in [0.25, 0.3) is 17.1 Å². The Balaban J connectivity index is 2.21. The highest BCUT2D eigenvalue weighted by Crippen LogP contribution is 2.33. The molecule has 0 unspecified atom stereocenters. The number of rotatable bonds is 2. The van der Waals surface area contributed by atoms with E-state index >= 15 is 0 Å². The van der Waals surface area contributed by atoms with Crippen molar-refractivity contribution in [3.8, 4) is 17.1 Å². The van der Waals surface area contributed by atoms with E-state index in [1.54, 1.807) is 30.3 Å². The van der Waals surface area contributed by atoms with Crippen molar-refractivity contribution < 1.29 is 17.6 Å². The van der Waals surface area contributed by atoms with Gasteiger partial charge in [0.2, 0.25) is 0 Å². The maximum absolute atomic E-state index is 12.9. The van der Waals surface area contributed by atoms with Gasteiger partial charge in [-0.3, -0.25) is 0 Å². The molecule has 0 saturated heterocycles. The minimum absolute atomic E-state index is 0.203. The molecule has 7 heteroatoms. The van der Waals surface area contributed by atoms with E-state index < -0.39 is 11.9 Å². The van der Waals surface area contributed by atoms with Crippen LogP contribution < -0.4 is 0 Å². The fourth-order valence-corrected chi connectivity index (χ4v) is 2.11. The third-order valence-corrected chi connectivity index (χ3v) is 3.06. The molecule has 3 nitrogen and oxygen atoms in total. The van der Waals surface area contributed by atoms with Crippen molar-refractivity contribution >= 4 is 11.6 Å². The Bertz CT molecular complexity index is 763. The summed E-state index contributed by atoms with van der Waals surface area (Å²) >= 11 is 5.88. The Kier molecular flexibility index (Phi) is 3.25. The van der Waals surface area contributed by atoms with Crippen molar-refractivity contribution in [1.82, 2.24) is 9.78 Å². The molecule has 0 fully saturated rings. The molecule has 3 rings (SSSR count).